The Morgan fingerprint density at radius 1 is 1.41 bits per heavy atom. The molecule has 6 heteroatoms. The zero-order valence-corrected chi connectivity index (χ0v) is 12.7. The number of nitro groups is 1. The van der Waals surface area contributed by atoms with E-state index in [9.17, 15) is 14.9 Å². The monoisotopic (exact) mass is 305 g/mol. The normalized spacial score (nSPS) is 12.3. The van der Waals surface area contributed by atoms with Gasteiger partial charge in [-0.1, -0.05) is 25.1 Å². The molecule has 1 heterocycles. The fourth-order valence-electron chi connectivity index (χ4n) is 2.48. The molecule has 1 aromatic heterocycles. The second kappa shape index (κ2) is 7.06. The smallest absolute Gasteiger partial charge is 0.306 e. The highest BCUT2D eigenvalue weighted by atomic mass is 16.6. The van der Waals surface area contributed by atoms with Crippen LogP contribution in [0.2, 0.25) is 0 Å². The SMILES string of the molecule is CCOC(=O)CC(C[N+](=O)[O-])c1cc2cccc(CC)c2o1. The molecule has 0 amide bonds. The maximum absolute atomic E-state index is 11.7. The predicted octanol–water partition coefficient (Wildman–Crippen LogP) is 3.31. The van der Waals surface area contributed by atoms with Gasteiger partial charge in [-0.3, -0.25) is 14.9 Å². The first-order valence-corrected chi connectivity index (χ1v) is 7.33. The Hall–Kier alpha value is -2.37. The molecular weight excluding hydrogens is 286 g/mol. The zero-order valence-electron chi connectivity index (χ0n) is 12.7. The average Bonchev–Trinajstić information content (AvgIpc) is 2.90. The summed E-state index contributed by atoms with van der Waals surface area (Å²) in [7, 11) is 0. The van der Waals surface area contributed by atoms with Gasteiger partial charge in [-0.05, 0) is 25.0 Å². The van der Waals surface area contributed by atoms with E-state index in [1.165, 1.54) is 0 Å². The van der Waals surface area contributed by atoms with Gasteiger partial charge < -0.3 is 9.15 Å². The van der Waals surface area contributed by atoms with Crippen molar-refractivity contribution in [1.82, 2.24) is 0 Å². The van der Waals surface area contributed by atoms with Crippen molar-refractivity contribution in [3.63, 3.8) is 0 Å². The minimum atomic E-state index is -0.619. The summed E-state index contributed by atoms with van der Waals surface area (Å²) in [5, 5.41) is 11.8. The third-order valence-electron chi connectivity index (χ3n) is 3.52. The van der Waals surface area contributed by atoms with E-state index in [0.29, 0.717) is 5.76 Å². The van der Waals surface area contributed by atoms with E-state index in [1.807, 2.05) is 25.1 Å². The number of hydrogen-bond donors (Lipinski definition) is 0. The van der Waals surface area contributed by atoms with Crippen LogP contribution < -0.4 is 0 Å². The van der Waals surface area contributed by atoms with Crippen molar-refractivity contribution in [2.75, 3.05) is 13.2 Å². The van der Waals surface area contributed by atoms with Crippen molar-refractivity contribution in [1.29, 1.82) is 0 Å². The van der Waals surface area contributed by atoms with E-state index in [2.05, 4.69) is 0 Å². The maximum atomic E-state index is 11.7. The minimum absolute atomic E-state index is 0.0594. The molecule has 2 aromatic rings. The topological polar surface area (TPSA) is 82.6 Å². The molecule has 0 saturated heterocycles. The Morgan fingerprint density at radius 3 is 2.82 bits per heavy atom. The van der Waals surface area contributed by atoms with Gasteiger partial charge in [-0.15, -0.1) is 0 Å². The molecular formula is C16H19NO5. The molecule has 0 aliphatic rings. The first kappa shape index (κ1) is 16.0. The average molecular weight is 305 g/mol. The number of carbonyl (C=O) groups excluding carboxylic acids is 1. The van der Waals surface area contributed by atoms with Crippen LogP contribution in [0.25, 0.3) is 11.0 Å². The quantitative estimate of drug-likeness (QED) is 0.445. The Balaban J connectivity index is 2.34. The summed E-state index contributed by atoms with van der Waals surface area (Å²) in [6.45, 7) is 3.61. The summed E-state index contributed by atoms with van der Waals surface area (Å²) < 4.78 is 10.7. The predicted molar refractivity (Wildman–Crippen MR) is 81.4 cm³/mol. The highest BCUT2D eigenvalue weighted by Gasteiger charge is 2.26. The Labute approximate surface area is 128 Å². The molecule has 0 spiro atoms. The third-order valence-corrected chi connectivity index (χ3v) is 3.52. The summed E-state index contributed by atoms with van der Waals surface area (Å²) in [4.78, 5) is 22.1. The second-order valence-electron chi connectivity index (χ2n) is 5.06. The van der Waals surface area contributed by atoms with Crippen molar-refractivity contribution in [3.05, 3.63) is 45.7 Å². The van der Waals surface area contributed by atoms with Crippen LogP contribution in [0.4, 0.5) is 0 Å². The number of rotatable bonds is 7. The van der Waals surface area contributed by atoms with Gasteiger partial charge in [0.25, 0.3) is 0 Å². The zero-order chi connectivity index (χ0) is 16.1. The molecule has 0 aliphatic carbocycles. The maximum Gasteiger partial charge on any atom is 0.306 e. The minimum Gasteiger partial charge on any atom is -0.466 e. The molecule has 0 fully saturated rings. The Bertz CT molecular complexity index is 676. The third kappa shape index (κ3) is 3.63. The molecule has 1 atom stereocenters. The number of aryl methyl sites for hydroxylation is 1. The lowest BCUT2D eigenvalue weighted by molar-refractivity contribution is -0.483. The van der Waals surface area contributed by atoms with Crippen molar-refractivity contribution in [3.8, 4) is 0 Å². The number of benzene rings is 1. The summed E-state index contributed by atoms with van der Waals surface area (Å²) in [5.74, 6) is -0.614. The summed E-state index contributed by atoms with van der Waals surface area (Å²) in [6.07, 6.45) is 0.748. The van der Waals surface area contributed by atoms with Gasteiger partial charge in [0.05, 0.1) is 18.9 Å². The molecule has 0 aliphatic heterocycles. The molecule has 2 rings (SSSR count). The van der Waals surface area contributed by atoms with Crippen LogP contribution >= 0.6 is 0 Å². The van der Waals surface area contributed by atoms with Gasteiger partial charge in [-0.25, -0.2) is 0 Å². The Morgan fingerprint density at radius 2 is 2.18 bits per heavy atom. The highest BCUT2D eigenvalue weighted by Crippen LogP contribution is 2.30. The number of fused-ring (bicyclic) bond motifs is 1. The number of furan rings is 1. The van der Waals surface area contributed by atoms with Crippen molar-refractivity contribution < 1.29 is 18.9 Å². The van der Waals surface area contributed by atoms with Crippen LogP contribution in [0, 0.1) is 10.1 Å². The standard InChI is InChI=1S/C16H19NO5/c1-3-11-6-5-7-12-8-14(22-16(11)12)13(10-17(19)20)9-15(18)21-4-2/h5-8,13H,3-4,9-10H2,1-2H3. The van der Waals surface area contributed by atoms with Gasteiger partial charge in [0.2, 0.25) is 6.54 Å². The van der Waals surface area contributed by atoms with E-state index in [1.54, 1.807) is 13.0 Å². The van der Waals surface area contributed by atoms with Crippen LogP contribution in [0.5, 0.6) is 0 Å². The lowest BCUT2D eigenvalue weighted by atomic mass is 10.0. The van der Waals surface area contributed by atoms with Gasteiger partial charge >= 0.3 is 5.97 Å². The van der Waals surface area contributed by atoms with Crippen LogP contribution in [-0.2, 0) is 16.0 Å². The van der Waals surface area contributed by atoms with Crippen LogP contribution in [0.1, 0.15) is 37.5 Å². The van der Waals surface area contributed by atoms with Crippen LogP contribution in [0.15, 0.2) is 28.7 Å². The largest absolute Gasteiger partial charge is 0.466 e. The number of nitrogens with zero attached hydrogens (tertiary/aromatic N) is 1. The van der Waals surface area contributed by atoms with Crippen molar-refractivity contribution in [2.45, 2.75) is 32.6 Å². The fraction of sp³-hybridized carbons (Fsp3) is 0.438. The van der Waals surface area contributed by atoms with E-state index in [0.717, 1.165) is 23.0 Å². The van der Waals surface area contributed by atoms with Gasteiger partial charge in [0, 0.05) is 10.3 Å². The molecule has 0 radical (unpaired) electrons. The second-order valence-corrected chi connectivity index (χ2v) is 5.06. The molecule has 0 bridgehead atoms. The first-order chi connectivity index (χ1) is 10.5. The summed E-state index contributed by atoms with van der Waals surface area (Å²) in [5.41, 5.74) is 1.77. The first-order valence-electron chi connectivity index (χ1n) is 7.33. The number of hydrogen-bond acceptors (Lipinski definition) is 5. The lowest BCUT2D eigenvalue weighted by Gasteiger charge is -2.09. The van der Waals surface area contributed by atoms with E-state index in [4.69, 9.17) is 9.15 Å². The molecule has 22 heavy (non-hydrogen) atoms. The molecule has 0 saturated carbocycles. The van der Waals surface area contributed by atoms with Gasteiger partial charge in [-0.2, -0.15) is 0 Å². The summed E-state index contributed by atoms with van der Waals surface area (Å²) >= 11 is 0. The molecule has 6 nitrogen and oxygen atoms in total. The van der Waals surface area contributed by atoms with E-state index in [-0.39, 0.29) is 19.6 Å². The van der Waals surface area contributed by atoms with E-state index >= 15 is 0 Å². The molecule has 118 valence electrons. The van der Waals surface area contributed by atoms with E-state index < -0.39 is 16.8 Å². The van der Waals surface area contributed by atoms with Crippen molar-refractivity contribution in [2.24, 2.45) is 0 Å². The molecule has 0 N–H and O–H groups in total. The Kier molecular flexibility index (Phi) is 5.14. The number of esters is 1. The van der Waals surface area contributed by atoms with Crippen LogP contribution in [0.3, 0.4) is 0 Å². The fourth-order valence-corrected chi connectivity index (χ4v) is 2.48. The molecule has 1 aromatic carbocycles. The van der Waals surface area contributed by atoms with Gasteiger partial charge in [0.15, 0.2) is 0 Å². The number of carbonyl (C=O) groups is 1. The lowest BCUT2D eigenvalue weighted by Crippen LogP contribution is -2.17. The molecule has 1 unspecified atom stereocenters. The summed E-state index contributed by atoms with van der Waals surface area (Å²) in [6, 6.07) is 7.56. The van der Waals surface area contributed by atoms with Crippen molar-refractivity contribution >= 4 is 16.9 Å². The van der Waals surface area contributed by atoms with Crippen LogP contribution in [-0.4, -0.2) is 24.0 Å². The highest BCUT2D eigenvalue weighted by molar-refractivity contribution is 5.81. The van der Waals surface area contributed by atoms with Gasteiger partial charge in [0.1, 0.15) is 11.3 Å². The number of para-hydroxylation sites is 1. The number of ether oxygens (including phenoxy) is 1.